The normalized spacial score (nSPS) is 27.2. The first kappa shape index (κ1) is 20.3. The average molecular weight is 418 g/mol. The number of aliphatic imine (C=N–C) groups is 1. The molecule has 0 radical (unpaired) electrons. The van der Waals surface area contributed by atoms with Gasteiger partial charge in [0.25, 0.3) is 6.02 Å². The van der Waals surface area contributed by atoms with Gasteiger partial charge in [0.15, 0.2) is 23.7 Å². The zero-order valence-corrected chi connectivity index (χ0v) is 16.5. The molecule has 2 aliphatic rings. The van der Waals surface area contributed by atoms with Gasteiger partial charge in [-0.2, -0.15) is 0 Å². The highest BCUT2D eigenvalue weighted by molar-refractivity contribution is 5.95. The van der Waals surface area contributed by atoms with Crippen molar-refractivity contribution in [1.82, 2.24) is 9.97 Å². The number of carbonyl (C=O) groups is 1. The van der Waals surface area contributed by atoms with Crippen molar-refractivity contribution in [3.8, 4) is 0 Å². The molecule has 4 rings (SSSR count). The number of rotatable bonds is 5. The lowest BCUT2D eigenvalue weighted by Gasteiger charge is -2.39. The van der Waals surface area contributed by atoms with Crippen molar-refractivity contribution >= 4 is 11.8 Å². The standard InChI is InChI=1S/C21H21F3N4O2/c1-11-9-27-15(10-26-11)16(29)8-12-3-4-14(22)13(7-12)20(2)17(23)18(21(24)5-6-21)30-19(25)28-20/h3-4,7,9-10,17-18H,5-6,8H2,1-2H3,(H2,25,28)/t17-,18-,20+/m0/s1. The van der Waals surface area contributed by atoms with Crippen molar-refractivity contribution in [1.29, 1.82) is 0 Å². The van der Waals surface area contributed by atoms with Crippen LogP contribution >= 0.6 is 0 Å². The minimum atomic E-state index is -1.96. The van der Waals surface area contributed by atoms with Gasteiger partial charge in [0.05, 0.1) is 11.9 Å². The van der Waals surface area contributed by atoms with E-state index in [9.17, 15) is 13.6 Å². The molecule has 2 heterocycles. The fraction of sp³-hybridized carbons (Fsp3) is 0.429. The molecule has 0 spiro atoms. The third-order valence-electron chi connectivity index (χ3n) is 5.64. The summed E-state index contributed by atoms with van der Waals surface area (Å²) in [6.07, 6.45) is -0.377. The number of hydrogen-bond donors (Lipinski definition) is 1. The van der Waals surface area contributed by atoms with E-state index in [1.807, 2.05) is 0 Å². The van der Waals surface area contributed by atoms with Crippen molar-refractivity contribution in [3.05, 3.63) is 58.9 Å². The van der Waals surface area contributed by atoms with Gasteiger partial charge in [0, 0.05) is 18.2 Å². The predicted molar refractivity (Wildman–Crippen MR) is 103 cm³/mol. The second-order valence-corrected chi connectivity index (χ2v) is 8.03. The summed E-state index contributed by atoms with van der Waals surface area (Å²) in [5, 5.41) is 0. The molecule has 2 N–H and O–H groups in total. The molecule has 158 valence electrons. The van der Waals surface area contributed by atoms with Crippen LogP contribution in [0.5, 0.6) is 0 Å². The minimum absolute atomic E-state index is 0.0930. The number of ether oxygens (including phenoxy) is 1. The molecule has 1 aromatic heterocycles. The molecule has 1 fully saturated rings. The maximum Gasteiger partial charge on any atom is 0.283 e. The first-order valence-corrected chi connectivity index (χ1v) is 9.58. The molecule has 9 heteroatoms. The SMILES string of the molecule is Cc1cnc(C(=O)Cc2ccc(F)c([C@@]3(C)N=C(N)O[C@H](C4(F)CC4)[C@@H]3F)c2)cn1. The second-order valence-electron chi connectivity index (χ2n) is 8.03. The van der Waals surface area contributed by atoms with Gasteiger partial charge < -0.3 is 10.5 Å². The van der Waals surface area contributed by atoms with Gasteiger partial charge in [0.1, 0.15) is 17.1 Å². The Morgan fingerprint density at radius 1 is 1.30 bits per heavy atom. The highest BCUT2D eigenvalue weighted by atomic mass is 19.2. The maximum atomic E-state index is 15.4. The summed E-state index contributed by atoms with van der Waals surface area (Å²) in [4.78, 5) is 24.6. The fourth-order valence-electron chi connectivity index (χ4n) is 3.66. The number of amidine groups is 1. The van der Waals surface area contributed by atoms with E-state index in [0.29, 0.717) is 11.3 Å². The second kappa shape index (κ2) is 7.07. The summed E-state index contributed by atoms with van der Waals surface area (Å²) in [6, 6.07) is 3.53. The highest BCUT2D eigenvalue weighted by Crippen LogP contribution is 2.51. The topological polar surface area (TPSA) is 90.5 Å². The Bertz CT molecular complexity index is 1020. The molecule has 1 aromatic carbocycles. The quantitative estimate of drug-likeness (QED) is 0.754. The Morgan fingerprint density at radius 2 is 2.03 bits per heavy atom. The van der Waals surface area contributed by atoms with Crippen LogP contribution in [0.25, 0.3) is 0 Å². The zero-order valence-electron chi connectivity index (χ0n) is 16.5. The molecular formula is C21H21F3N4O2. The van der Waals surface area contributed by atoms with E-state index in [-0.39, 0.29) is 36.3 Å². The van der Waals surface area contributed by atoms with Crippen LogP contribution in [-0.4, -0.2) is 39.7 Å². The van der Waals surface area contributed by atoms with E-state index < -0.39 is 35.3 Å². The number of nitrogens with zero attached hydrogens (tertiary/aromatic N) is 3. The van der Waals surface area contributed by atoms with Crippen LogP contribution in [0.3, 0.4) is 0 Å². The molecular weight excluding hydrogens is 397 g/mol. The van der Waals surface area contributed by atoms with Gasteiger partial charge in [0.2, 0.25) is 0 Å². The number of benzene rings is 1. The number of halogens is 3. The molecule has 2 aromatic rings. The van der Waals surface area contributed by atoms with E-state index in [2.05, 4.69) is 15.0 Å². The molecule has 0 bridgehead atoms. The third kappa shape index (κ3) is 3.53. The molecule has 30 heavy (non-hydrogen) atoms. The smallest absolute Gasteiger partial charge is 0.283 e. The number of carbonyl (C=O) groups excluding carboxylic acids is 1. The number of ketones is 1. The minimum Gasteiger partial charge on any atom is -0.455 e. The number of aryl methyl sites for hydroxylation is 1. The first-order chi connectivity index (χ1) is 14.1. The first-order valence-electron chi connectivity index (χ1n) is 9.58. The van der Waals surface area contributed by atoms with Crippen LogP contribution in [0, 0.1) is 12.7 Å². The monoisotopic (exact) mass is 418 g/mol. The van der Waals surface area contributed by atoms with Gasteiger partial charge in [-0.05, 0) is 44.4 Å². The Labute approximate surface area is 171 Å². The number of nitrogens with two attached hydrogens (primary N) is 1. The molecule has 6 nitrogen and oxygen atoms in total. The molecule has 0 amide bonds. The molecule has 1 aliphatic carbocycles. The summed E-state index contributed by atoms with van der Waals surface area (Å²) in [5.41, 5.74) is 3.22. The van der Waals surface area contributed by atoms with E-state index in [1.165, 1.54) is 31.5 Å². The summed E-state index contributed by atoms with van der Waals surface area (Å²) >= 11 is 0. The van der Waals surface area contributed by atoms with Crippen molar-refractivity contribution in [2.24, 2.45) is 10.7 Å². The molecule has 1 saturated carbocycles. The molecule has 3 atom stereocenters. The molecule has 1 aliphatic heterocycles. The van der Waals surface area contributed by atoms with E-state index in [0.717, 1.165) is 6.07 Å². The average Bonchev–Trinajstić information content (AvgIpc) is 3.45. The fourth-order valence-corrected chi connectivity index (χ4v) is 3.66. The summed E-state index contributed by atoms with van der Waals surface area (Å²) in [5.74, 6) is -1.05. The van der Waals surface area contributed by atoms with Crippen molar-refractivity contribution in [2.45, 2.75) is 56.6 Å². The summed E-state index contributed by atoms with van der Waals surface area (Å²) in [6.45, 7) is 3.10. The van der Waals surface area contributed by atoms with Crippen LogP contribution in [0.4, 0.5) is 13.2 Å². The van der Waals surface area contributed by atoms with Gasteiger partial charge >= 0.3 is 0 Å². The molecule has 0 saturated heterocycles. The molecule has 0 unspecified atom stereocenters. The van der Waals surface area contributed by atoms with Gasteiger partial charge in [-0.25, -0.2) is 23.1 Å². The highest BCUT2D eigenvalue weighted by Gasteiger charge is 2.62. The summed E-state index contributed by atoms with van der Waals surface area (Å²) in [7, 11) is 0. The zero-order chi connectivity index (χ0) is 21.7. The lowest BCUT2D eigenvalue weighted by molar-refractivity contribution is -0.0388. The van der Waals surface area contributed by atoms with Crippen molar-refractivity contribution in [3.63, 3.8) is 0 Å². The van der Waals surface area contributed by atoms with Crippen LogP contribution in [0.1, 0.15) is 47.1 Å². The number of hydrogen-bond acceptors (Lipinski definition) is 6. The van der Waals surface area contributed by atoms with Gasteiger partial charge in [-0.15, -0.1) is 0 Å². The largest absolute Gasteiger partial charge is 0.455 e. The van der Waals surface area contributed by atoms with E-state index in [4.69, 9.17) is 10.5 Å². The van der Waals surface area contributed by atoms with Crippen molar-refractivity contribution in [2.75, 3.05) is 0 Å². The van der Waals surface area contributed by atoms with Gasteiger partial charge in [-0.1, -0.05) is 6.07 Å². The van der Waals surface area contributed by atoms with Crippen LogP contribution < -0.4 is 5.73 Å². The number of Topliss-reactive ketones (excluding diaryl/α,β-unsaturated/α-hetero) is 1. The third-order valence-corrected chi connectivity index (χ3v) is 5.64. The van der Waals surface area contributed by atoms with Crippen LogP contribution in [0.2, 0.25) is 0 Å². The Morgan fingerprint density at radius 3 is 2.67 bits per heavy atom. The lowest BCUT2D eigenvalue weighted by Crippen LogP contribution is -2.54. The Kier molecular flexibility index (Phi) is 4.79. The van der Waals surface area contributed by atoms with Crippen molar-refractivity contribution < 1.29 is 22.7 Å². The summed E-state index contributed by atoms with van der Waals surface area (Å²) < 4.78 is 49.9. The van der Waals surface area contributed by atoms with Crippen LogP contribution in [-0.2, 0) is 16.7 Å². The Balaban J connectivity index is 1.66. The van der Waals surface area contributed by atoms with Crippen LogP contribution in [0.15, 0.2) is 35.6 Å². The number of aromatic nitrogens is 2. The lowest BCUT2D eigenvalue weighted by atomic mass is 9.81. The van der Waals surface area contributed by atoms with E-state index >= 15 is 4.39 Å². The Hall–Kier alpha value is -2.97. The van der Waals surface area contributed by atoms with Gasteiger partial charge in [-0.3, -0.25) is 9.78 Å². The maximum absolute atomic E-state index is 15.4. The van der Waals surface area contributed by atoms with E-state index in [1.54, 1.807) is 6.92 Å². The predicted octanol–water partition coefficient (Wildman–Crippen LogP) is 3.12. The number of alkyl halides is 2.